The predicted molar refractivity (Wildman–Crippen MR) is 100 cm³/mol. The van der Waals surface area contributed by atoms with Crippen molar-refractivity contribution in [3.63, 3.8) is 0 Å². The Bertz CT molecular complexity index is 858. The molecule has 0 radical (unpaired) electrons. The minimum absolute atomic E-state index is 0.170. The van der Waals surface area contributed by atoms with Crippen LogP contribution in [0.4, 0.5) is 0 Å². The molecule has 1 heterocycles. The van der Waals surface area contributed by atoms with Crippen molar-refractivity contribution >= 4 is 44.5 Å². The van der Waals surface area contributed by atoms with Crippen LogP contribution in [0.15, 0.2) is 46.9 Å². The Morgan fingerprint density at radius 1 is 1.25 bits per heavy atom. The Morgan fingerprint density at radius 2 is 2.00 bits per heavy atom. The number of halogens is 2. The number of aromatic amines is 1. The zero-order chi connectivity index (χ0) is 17.3. The van der Waals surface area contributed by atoms with Gasteiger partial charge in [-0.1, -0.05) is 53.5 Å². The fourth-order valence-electron chi connectivity index (χ4n) is 2.56. The largest absolute Gasteiger partial charge is 0.342 e. The third-order valence-electron chi connectivity index (χ3n) is 3.83. The number of H-pyrrole nitrogens is 1. The van der Waals surface area contributed by atoms with Gasteiger partial charge in [-0.25, -0.2) is 4.98 Å². The van der Waals surface area contributed by atoms with Crippen molar-refractivity contribution in [3.8, 4) is 0 Å². The zero-order valence-corrected chi connectivity index (χ0v) is 15.6. The summed E-state index contributed by atoms with van der Waals surface area (Å²) in [4.78, 5) is 20.5. The number of carbonyl (C=O) groups is 1. The van der Waals surface area contributed by atoms with E-state index in [0.717, 1.165) is 21.3 Å². The SMILES string of the molecule is CC(C)C(NC(=O)c1ccc(Br)cc1Cl)c1nc2ccccc2[nH]1. The molecule has 2 aromatic carbocycles. The van der Waals surface area contributed by atoms with Crippen LogP contribution >= 0.6 is 27.5 Å². The molecule has 0 saturated carbocycles. The Morgan fingerprint density at radius 3 is 2.67 bits per heavy atom. The number of carbonyl (C=O) groups excluding carboxylic acids is 1. The van der Waals surface area contributed by atoms with Crippen LogP contribution in [0.2, 0.25) is 5.02 Å². The third-order valence-corrected chi connectivity index (χ3v) is 4.64. The van der Waals surface area contributed by atoms with Gasteiger partial charge in [0.15, 0.2) is 0 Å². The number of benzene rings is 2. The highest BCUT2D eigenvalue weighted by molar-refractivity contribution is 9.10. The number of nitrogens with one attached hydrogen (secondary N) is 2. The molecule has 1 unspecified atom stereocenters. The number of imidazole rings is 1. The van der Waals surface area contributed by atoms with Crippen LogP contribution in [-0.2, 0) is 0 Å². The molecular formula is C18H17BrClN3O. The smallest absolute Gasteiger partial charge is 0.253 e. The van der Waals surface area contributed by atoms with Gasteiger partial charge in [-0.15, -0.1) is 0 Å². The molecule has 124 valence electrons. The van der Waals surface area contributed by atoms with Gasteiger partial charge in [0.25, 0.3) is 5.91 Å². The minimum Gasteiger partial charge on any atom is -0.342 e. The molecule has 0 aliphatic rings. The van der Waals surface area contributed by atoms with Crippen molar-refractivity contribution in [2.75, 3.05) is 0 Å². The van der Waals surface area contributed by atoms with E-state index >= 15 is 0 Å². The number of hydrogen-bond acceptors (Lipinski definition) is 2. The summed E-state index contributed by atoms with van der Waals surface area (Å²) < 4.78 is 0.835. The van der Waals surface area contributed by atoms with Gasteiger partial charge in [0, 0.05) is 4.47 Å². The van der Waals surface area contributed by atoms with E-state index in [2.05, 4.69) is 31.2 Å². The Kier molecular flexibility index (Phi) is 4.92. The summed E-state index contributed by atoms with van der Waals surface area (Å²) in [6.07, 6.45) is 0. The van der Waals surface area contributed by atoms with Gasteiger partial charge in [-0.3, -0.25) is 4.79 Å². The van der Waals surface area contributed by atoms with Crippen LogP contribution in [0.25, 0.3) is 11.0 Å². The fourth-order valence-corrected chi connectivity index (χ4v) is 3.32. The molecule has 2 N–H and O–H groups in total. The van der Waals surface area contributed by atoms with Gasteiger partial charge in [0.2, 0.25) is 0 Å². The van der Waals surface area contributed by atoms with Crippen molar-refractivity contribution < 1.29 is 4.79 Å². The van der Waals surface area contributed by atoms with E-state index in [1.165, 1.54) is 0 Å². The molecule has 0 saturated heterocycles. The zero-order valence-electron chi connectivity index (χ0n) is 13.3. The highest BCUT2D eigenvalue weighted by Gasteiger charge is 2.23. The van der Waals surface area contributed by atoms with Crippen LogP contribution in [0.5, 0.6) is 0 Å². The molecule has 1 atom stereocenters. The summed E-state index contributed by atoms with van der Waals surface area (Å²) in [5.41, 5.74) is 2.28. The van der Waals surface area contributed by atoms with Crippen molar-refractivity contribution in [3.05, 3.63) is 63.3 Å². The third kappa shape index (κ3) is 3.47. The van der Waals surface area contributed by atoms with E-state index in [1.807, 2.05) is 38.1 Å². The van der Waals surface area contributed by atoms with Gasteiger partial charge < -0.3 is 10.3 Å². The topological polar surface area (TPSA) is 57.8 Å². The number of nitrogens with zero attached hydrogens (tertiary/aromatic N) is 1. The first-order valence-corrected chi connectivity index (χ1v) is 8.83. The van der Waals surface area contributed by atoms with E-state index < -0.39 is 0 Å². The standard InChI is InChI=1S/C18H17BrClN3O/c1-10(2)16(17-21-14-5-3-4-6-15(14)22-17)23-18(24)12-8-7-11(19)9-13(12)20/h3-10,16H,1-2H3,(H,21,22)(H,23,24). The summed E-state index contributed by atoms with van der Waals surface area (Å²) in [6, 6.07) is 12.8. The highest BCUT2D eigenvalue weighted by atomic mass is 79.9. The first-order chi connectivity index (χ1) is 11.5. The monoisotopic (exact) mass is 405 g/mol. The van der Waals surface area contributed by atoms with Gasteiger partial charge in [0.05, 0.1) is 27.7 Å². The quantitative estimate of drug-likeness (QED) is 0.633. The Hall–Kier alpha value is -1.85. The second-order valence-electron chi connectivity index (χ2n) is 5.96. The average molecular weight is 407 g/mol. The minimum atomic E-state index is -0.232. The molecule has 1 amide bonds. The molecule has 1 aromatic heterocycles. The lowest BCUT2D eigenvalue weighted by Gasteiger charge is -2.20. The number of aromatic nitrogens is 2. The van der Waals surface area contributed by atoms with E-state index in [4.69, 9.17) is 11.6 Å². The Labute approximate surface area is 153 Å². The van der Waals surface area contributed by atoms with Crippen molar-refractivity contribution in [1.82, 2.24) is 15.3 Å². The van der Waals surface area contributed by atoms with Gasteiger partial charge in [-0.2, -0.15) is 0 Å². The van der Waals surface area contributed by atoms with E-state index in [9.17, 15) is 4.79 Å². The number of amides is 1. The average Bonchev–Trinajstić information content (AvgIpc) is 2.95. The van der Waals surface area contributed by atoms with E-state index in [0.29, 0.717) is 10.6 Å². The van der Waals surface area contributed by atoms with Crippen LogP contribution < -0.4 is 5.32 Å². The molecule has 0 fully saturated rings. The predicted octanol–water partition coefficient (Wildman–Crippen LogP) is 5.11. The second kappa shape index (κ2) is 6.95. The maximum Gasteiger partial charge on any atom is 0.253 e. The lowest BCUT2D eigenvalue weighted by Crippen LogP contribution is -2.32. The number of fused-ring (bicyclic) bond motifs is 1. The molecule has 0 aliphatic heterocycles. The summed E-state index contributed by atoms with van der Waals surface area (Å²) in [5, 5.41) is 3.45. The van der Waals surface area contributed by atoms with Crippen molar-refractivity contribution in [2.45, 2.75) is 19.9 Å². The molecule has 3 rings (SSSR count). The summed E-state index contributed by atoms with van der Waals surface area (Å²) in [6.45, 7) is 4.09. The number of rotatable bonds is 4. The van der Waals surface area contributed by atoms with Crippen LogP contribution in [0.3, 0.4) is 0 Å². The van der Waals surface area contributed by atoms with Gasteiger partial charge in [-0.05, 0) is 36.2 Å². The second-order valence-corrected chi connectivity index (χ2v) is 7.28. The first-order valence-electron chi connectivity index (χ1n) is 7.66. The van der Waals surface area contributed by atoms with E-state index in [1.54, 1.807) is 18.2 Å². The van der Waals surface area contributed by atoms with Gasteiger partial charge in [0.1, 0.15) is 5.82 Å². The summed E-state index contributed by atoms with van der Waals surface area (Å²) >= 11 is 9.53. The Balaban J connectivity index is 1.90. The van der Waals surface area contributed by atoms with Crippen LogP contribution in [0.1, 0.15) is 36.1 Å². The fraction of sp³-hybridized carbons (Fsp3) is 0.222. The van der Waals surface area contributed by atoms with E-state index in [-0.39, 0.29) is 17.9 Å². The molecule has 24 heavy (non-hydrogen) atoms. The summed E-state index contributed by atoms with van der Waals surface area (Å²) in [7, 11) is 0. The first kappa shape index (κ1) is 17.0. The van der Waals surface area contributed by atoms with Crippen LogP contribution in [0, 0.1) is 5.92 Å². The lowest BCUT2D eigenvalue weighted by molar-refractivity contribution is 0.0923. The maximum absolute atomic E-state index is 12.6. The van der Waals surface area contributed by atoms with Crippen molar-refractivity contribution in [2.24, 2.45) is 5.92 Å². The van der Waals surface area contributed by atoms with Crippen LogP contribution in [-0.4, -0.2) is 15.9 Å². The van der Waals surface area contributed by atoms with Gasteiger partial charge >= 0.3 is 0 Å². The lowest BCUT2D eigenvalue weighted by atomic mass is 10.0. The molecule has 4 nitrogen and oxygen atoms in total. The molecular weight excluding hydrogens is 390 g/mol. The molecule has 6 heteroatoms. The maximum atomic E-state index is 12.6. The molecule has 0 spiro atoms. The molecule has 0 bridgehead atoms. The molecule has 3 aromatic rings. The normalized spacial score (nSPS) is 12.5. The number of para-hydroxylation sites is 2. The number of hydrogen-bond donors (Lipinski definition) is 2. The molecule has 0 aliphatic carbocycles. The summed E-state index contributed by atoms with van der Waals surface area (Å²) in [5.74, 6) is 0.697. The van der Waals surface area contributed by atoms with Crippen molar-refractivity contribution in [1.29, 1.82) is 0 Å². The highest BCUT2D eigenvalue weighted by Crippen LogP contribution is 2.25.